The van der Waals surface area contributed by atoms with Crippen LogP contribution >= 0.6 is 0 Å². The van der Waals surface area contributed by atoms with Crippen LogP contribution in [0.3, 0.4) is 0 Å². The van der Waals surface area contributed by atoms with Crippen molar-refractivity contribution in [1.82, 2.24) is 5.32 Å². The summed E-state index contributed by atoms with van der Waals surface area (Å²) in [6.45, 7) is 0. The molecule has 0 spiro atoms. The van der Waals surface area contributed by atoms with E-state index in [0.717, 1.165) is 25.7 Å². The molecule has 1 aliphatic carbocycles. The monoisotopic (exact) mass is 213 g/mol. The lowest BCUT2D eigenvalue weighted by atomic mass is 9.78. The molecule has 0 aromatic rings. The third-order valence-electron chi connectivity index (χ3n) is 3.22. The number of carbonyl (C=O) groups excluding carboxylic acids is 1. The van der Waals surface area contributed by atoms with Crippen LogP contribution in [0, 0.1) is 5.41 Å². The van der Waals surface area contributed by atoms with Crippen molar-refractivity contribution in [3.05, 3.63) is 0 Å². The Morgan fingerprint density at radius 2 is 1.87 bits per heavy atom. The van der Waals surface area contributed by atoms with Crippen molar-refractivity contribution < 1.29 is 10.0 Å². The molecule has 0 radical (unpaired) electrons. The first-order chi connectivity index (χ1) is 7.17. The molecular weight excluding hydrogens is 194 g/mol. The Kier molecular flexibility index (Phi) is 3.94. The van der Waals surface area contributed by atoms with Gasteiger partial charge in [0.15, 0.2) is 5.84 Å². The lowest BCUT2D eigenvalue weighted by molar-refractivity contribution is -0.127. The Balaban J connectivity index is 2.98. The molecule has 5 heteroatoms. The number of amides is 1. The molecule has 0 aliphatic heterocycles. The van der Waals surface area contributed by atoms with Crippen LogP contribution in [0.2, 0.25) is 0 Å². The first kappa shape index (κ1) is 11.8. The fraction of sp³-hybridized carbons (Fsp3) is 0.800. The molecule has 5 nitrogen and oxygen atoms in total. The Morgan fingerprint density at radius 3 is 2.27 bits per heavy atom. The van der Waals surface area contributed by atoms with E-state index >= 15 is 0 Å². The lowest BCUT2D eigenvalue weighted by Crippen LogP contribution is -2.48. The van der Waals surface area contributed by atoms with Crippen LogP contribution in [0.4, 0.5) is 0 Å². The fourth-order valence-electron chi connectivity index (χ4n) is 2.27. The molecule has 1 rings (SSSR count). The third-order valence-corrected chi connectivity index (χ3v) is 3.22. The number of nitrogens with zero attached hydrogens (tertiary/aromatic N) is 1. The minimum Gasteiger partial charge on any atom is -0.409 e. The highest BCUT2D eigenvalue weighted by Crippen LogP contribution is 2.35. The van der Waals surface area contributed by atoms with Crippen LogP contribution in [-0.4, -0.2) is 24.0 Å². The van der Waals surface area contributed by atoms with Crippen molar-refractivity contribution in [2.75, 3.05) is 7.05 Å². The second kappa shape index (κ2) is 5.00. The first-order valence-electron chi connectivity index (χ1n) is 5.37. The average Bonchev–Trinajstić information content (AvgIpc) is 2.53. The van der Waals surface area contributed by atoms with Gasteiger partial charge in [0.25, 0.3) is 0 Å². The number of nitrogens with one attached hydrogen (secondary N) is 1. The van der Waals surface area contributed by atoms with Crippen molar-refractivity contribution in [1.29, 1.82) is 0 Å². The number of oxime groups is 1. The molecule has 86 valence electrons. The summed E-state index contributed by atoms with van der Waals surface area (Å²) in [5, 5.41) is 14.4. The Bertz CT molecular complexity index is 255. The highest BCUT2D eigenvalue weighted by molar-refractivity contribution is 6.06. The van der Waals surface area contributed by atoms with Crippen molar-refractivity contribution in [3.8, 4) is 0 Å². The maximum Gasteiger partial charge on any atom is 0.233 e. The molecule has 15 heavy (non-hydrogen) atoms. The molecule has 0 heterocycles. The fourth-order valence-corrected chi connectivity index (χ4v) is 2.27. The van der Waals surface area contributed by atoms with Gasteiger partial charge in [0, 0.05) is 7.05 Å². The molecule has 4 N–H and O–H groups in total. The van der Waals surface area contributed by atoms with Gasteiger partial charge in [-0.1, -0.05) is 30.8 Å². The van der Waals surface area contributed by atoms with Gasteiger partial charge in [0.2, 0.25) is 5.91 Å². The molecule has 0 bridgehead atoms. The highest BCUT2D eigenvalue weighted by atomic mass is 16.4. The number of amidine groups is 1. The Hall–Kier alpha value is -1.26. The smallest absolute Gasteiger partial charge is 0.233 e. The maximum absolute atomic E-state index is 11.9. The summed E-state index contributed by atoms with van der Waals surface area (Å²) in [6.07, 6.45) is 5.45. The maximum atomic E-state index is 11.9. The molecule has 1 aliphatic rings. The van der Waals surface area contributed by atoms with E-state index in [1.165, 1.54) is 0 Å². The van der Waals surface area contributed by atoms with Gasteiger partial charge in [-0.3, -0.25) is 4.79 Å². The summed E-state index contributed by atoms with van der Waals surface area (Å²) in [6, 6.07) is 0. The summed E-state index contributed by atoms with van der Waals surface area (Å²) in [5.74, 6) is -0.0940. The van der Waals surface area contributed by atoms with Crippen molar-refractivity contribution >= 4 is 11.7 Å². The summed E-state index contributed by atoms with van der Waals surface area (Å²) in [7, 11) is 1.58. The molecule has 0 unspecified atom stereocenters. The zero-order valence-electron chi connectivity index (χ0n) is 9.12. The summed E-state index contributed by atoms with van der Waals surface area (Å²) < 4.78 is 0. The van der Waals surface area contributed by atoms with E-state index in [1.54, 1.807) is 7.05 Å². The predicted octanol–water partition coefficient (Wildman–Crippen LogP) is 0.819. The van der Waals surface area contributed by atoms with E-state index in [1.807, 2.05) is 0 Å². The first-order valence-corrected chi connectivity index (χ1v) is 5.37. The number of hydrogen-bond donors (Lipinski definition) is 3. The molecular formula is C10H19N3O2. The quantitative estimate of drug-likeness (QED) is 0.209. The average molecular weight is 213 g/mol. The highest BCUT2D eigenvalue weighted by Gasteiger charge is 2.42. The largest absolute Gasteiger partial charge is 0.409 e. The van der Waals surface area contributed by atoms with Gasteiger partial charge in [-0.15, -0.1) is 0 Å². The number of carbonyl (C=O) groups is 1. The minimum atomic E-state index is -0.792. The SMILES string of the molecule is CNC(=O)C1(C(N)=NO)CCCCCC1. The molecule has 1 saturated carbocycles. The van der Waals surface area contributed by atoms with Gasteiger partial charge in [-0.2, -0.15) is 0 Å². The van der Waals surface area contributed by atoms with Gasteiger partial charge < -0.3 is 16.3 Å². The van der Waals surface area contributed by atoms with Gasteiger partial charge in [-0.05, 0) is 12.8 Å². The minimum absolute atomic E-state index is 0.0451. The predicted molar refractivity (Wildman–Crippen MR) is 57.6 cm³/mol. The van der Waals surface area contributed by atoms with E-state index in [9.17, 15) is 4.79 Å². The van der Waals surface area contributed by atoms with Crippen LogP contribution in [0.1, 0.15) is 38.5 Å². The zero-order valence-corrected chi connectivity index (χ0v) is 9.12. The van der Waals surface area contributed by atoms with E-state index in [2.05, 4.69) is 10.5 Å². The molecule has 0 aromatic heterocycles. The Labute approximate surface area is 89.7 Å². The summed E-state index contributed by atoms with van der Waals surface area (Å²) in [5.41, 5.74) is 4.88. The van der Waals surface area contributed by atoms with Crippen molar-refractivity contribution in [2.24, 2.45) is 16.3 Å². The van der Waals surface area contributed by atoms with Gasteiger partial charge >= 0.3 is 0 Å². The van der Waals surface area contributed by atoms with Gasteiger partial charge in [0.1, 0.15) is 5.41 Å². The number of nitrogens with two attached hydrogens (primary N) is 1. The van der Waals surface area contributed by atoms with E-state index in [4.69, 9.17) is 10.9 Å². The van der Waals surface area contributed by atoms with E-state index in [0.29, 0.717) is 12.8 Å². The summed E-state index contributed by atoms with van der Waals surface area (Å²) in [4.78, 5) is 11.9. The van der Waals surface area contributed by atoms with E-state index < -0.39 is 5.41 Å². The molecule has 0 aromatic carbocycles. The molecule has 1 fully saturated rings. The Morgan fingerprint density at radius 1 is 1.33 bits per heavy atom. The topological polar surface area (TPSA) is 87.7 Å². The number of rotatable bonds is 2. The lowest BCUT2D eigenvalue weighted by Gasteiger charge is -2.28. The van der Waals surface area contributed by atoms with Crippen LogP contribution < -0.4 is 11.1 Å². The van der Waals surface area contributed by atoms with Gasteiger partial charge in [-0.25, -0.2) is 0 Å². The number of hydrogen-bond acceptors (Lipinski definition) is 3. The van der Waals surface area contributed by atoms with Crippen LogP contribution in [0.25, 0.3) is 0 Å². The van der Waals surface area contributed by atoms with Crippen molar-refractivity contribution in [3.63, 3.8) is 0 Å². The summed E-state index contributed by atoms with van der Waals surface area (Å²) >= 11 is 0. The standard InChI is InChI=1S/C10H19N3O2/c1-12-9(14)10(8(11)13-15)6-4-2-3-5-7-10/h15H,2-7H2,1H3,(H2,11,13)(H,12,14). The molecule has 0 atom stereocenters. The van der Waals surface area contributed by atoms with Crippen LogP contribution in [0.5, 0.6) is 0 Å². The second-order valence-electron chi connectivity index (χ2n) is 4.06. The molecule has 0 saturated heterocycles. The second-order valence-corrected chi connectivity index (χ2v) is 4.06. The normalized spacial score (nSPS) is 21.8. The van der Waals surface area contributed by atoms with Crippen LogP contribution in [0.15, 0.2) is 5.16 Å². The zero-order chi connectivity index (χ0) is 11.3. The molecule has 1 amide bonds. The van der Waals surface area contributed by atoms with Gasteiger partial charge in [0.05, 0.1) is 0 Å². The third kappa shape index (κ3) is 2.22. The van der Waals surface area contributed by atoms with E-state index in [-0.39, 0.29) is 11.7 Å². The van der Waals surface area contributed by atoms with Crippen molar-refractivity contribution in [2.45, 2.75) is 38.5 Å². The van der Waals surface area contributed by atoms with Crippen LogP contribution in [-0.2, 0) is 4.79 Å².